The van der Waals surface area contributed by atoms with E-state index in [-0.39, 0.29) is 11.5 Å². The number of aliphatic hydroxyl groups is 1. The highest BCUT2D eigenvalue weighted by molar-refractivity contribution is 4.88. The molecule has 0 saturated heterocycles. The van der Waals surface area contributed by atoms with Crippen molar-refractivity contribution in [3.8, 4) is 0 Å². The van der Waals surface area contributed by atoms with Crippen LogP contribution in [0, 0.1) is 17.3 Å². The first-order chi connectivity index (χ1) is 4.91. The highest BCUT2D eigenvalue weighted by Crippen LogP contribution is 2.41. The summed E-state index contributed by atoms with van der Waals surface area (Å²) in [4.78, 5) is 0. The first-order valence-corrected chi connectivity index (χ1v) is 4.59. The van der Waals surface area contributed by atoms with Crippen molar-refractivity contribution >= 4 is 0 Å². The van der Waals surface area contributed by atoms with E-state index in [4.69, 9.17) is 0 Å². The van der Waals surface area contributed by atoms with E-state index in [9.17, 15) is 5.11 Å². The van der Waals surface area contributed by atoms with E-state index in [1.165, 1.54) is 6.42 Å². The summed E-state index contributed by atoms with van der Waals surface area (Å²) in [5.74, 6) is 1.23. The van der Waals surface area contributed by atoms with E-state index < -0.39 is 0 Å². The van der Waals surface area contributed by atoms with Crippen molar-refractivity contribution in [1.82, 2.24) is 0 Å². The second-order valence-corrected chi connectivity index (χ2v) is 5.12. The Morgan fingerprint density at radius 2 is 1.73 bits per heavy atom. The van der Waals surface area contributed by atoms with Crippen LogP contribution in [0.1, 0.15) is 40.5 Å². The van der Waals surface area contributed by atoms with E-state index in [0.717, 1.165) is 6.42 Å². The summed E-state index contributed by atoms with van der Waals surface area (Å²) in [7, 11) is 0. The molecule has 1 aliphatic carbocycles. The van der Waals surface area contributed by atoms with Gasteiger partial charge in [-0.05, 0) is 30.1 Å². The maximum atomic E-state index is 9.69. The third kappa shape index (κ3) is 1.96. The lowest BCUT2D eigenvalue weighted by molar-refractivity contribution is 0.0684. The predicted molar refractivity (Wildman–Crippen MR) is 47.3 cm³/mol. The minimum Gasteiger partial charge on any atom is -0.393 e. The Hall–Kier alpha value is -0.0400. The monoisotopic (exact) mass is 156 g/mol. The summed E-state index contributed by atoms with van der Waals surface area (Å²) in [6, 6.07) is 0. The Kier molecular flexibility index (Phi) is 2.29. The summed E-state index contributed by atoms with van der Waals surface area (Å²) in [5, 5.41) is 9.69. The molecule has 0 spiro atoms. The van der Waals surface area contributed by atoms with Gasteiger partial charge in [-0.15, -0.1) is 0 Å². The molecule has 0 radical (unpaired) electrons. The van der Waals surface area contributed by atoms with Gasteiger partial charge in [0.05, 0.1) is 6.10 Å². The molecular weight excluding hydrogens is 136 g/mol. The summed E-state index contributed by atoms with van der Waals surface area (Å²) in [6.07, 6.45) is 2.15. The van der Waals surface area contributed by atoms with Gasteiger partial charge in [0, 0.05) is 0 Å². The van der Waals surface area contributed by atoms with Crippen LogP contribution in [0.15, 0.2) is 0 Å². The van der Waals surface area contributed by atoms with Gasteiger partial charge in [-0.3, -0.25) is 0 Å². The molecule has 1 saturated carbocycles. The maximum Gasteiger partial charge on any atom is 0.0576 e. The van der Waals surface area contributed by atoms with Crippen LogP contribution in [-0.2, 0) is 0 Å². The van der Waals surface area contributed by atoms with Crippen LogP contribution in [-0.4, -0.2) is 11.2 Å². The number of hydrogen-bond acceptors (Lipinski definition) is 1. The molecule has 0 amide bonds. The zero-order chi connectivity index (χ0) is 8.65. The molecule has 0 aromatic heterocycles. The van der Waals surface area contributed by atoms with Gasteiger partial charge in [-0.25, -0.2) is 0 Å². The van der Waals surface area contributed by atoms with E-state index in [1.807, 2.05) is 0 Å². The molecule has 0 bridgehead atoms. The third-order valence-electron chi connectivity index (χ3n) is 2.88. The first-order valence-electron chi connectivity index (χ1n) is 4.59. The summed E-state index contributed by atoms with van der Waals surface area (Å²) < 4.78 is 0. The van der Waals surface area contributed by atoms with Gasteiger partial charge in [0.1, 0.15) is 0 Å². The molecule has 3 atom stereocenters. The van der Waals surface area contributed by atoms with Gasteiger partial charge in [0.25, 0.3) is 0 Å². The normalized spacial score (nSPS) is 39.5. The summed E-state index contributed by atoms with van der Waals surface area (Å²) >= 11 is 0. The van der Waals surface area contributed by atoms with Crippen LogP contribution >= 0.6 is 0 Å². The van der Waals surface area contributed by atoms with E-state index in [2.05, 4.69) is 27.7 Å². The molecule has 0 aliphatic heterocycles. The van der Waals surface area contributed by atoms with Crippen molar-refractivity contribution in [1.29, 1.82) is 0 Å². The number of aliphatic hydroxyl groups excluding tert-OH is 1. The van der Waals surface area contributed by atoms with Crippen molar-refractivity contribution < 1.29 is 5.11 Å². The van der Waals surface area contributed by atoms with Gasteiger partial charge in [-0.2, -0.15) is 0 Å². The van der Waals surface area contributed by atoms with Crippen LogP contribution in [0.5, 0.6) is 0 Å². The largest absolute Gasteiger partial charge is 0.393 e. The van der Waals surface area contributed by atoms with Crippen molar-refractivity contribution in [2.45, 2.75) is 46.6 Å². The van der Waals surface area contributed by atoms with Gasteiger partial charge >= 0.3 is 0 Å². The van der Waals surface area contributed by atoms with Crippen molar-refractivity contribution in [2.75, 3.05) is 0 Å². The molecule has 3 unspecified atom stereocenters. The highest BCUT2D eigenvalue weighted by atomic mass is 16.3. The smallest absolute Gasteiger partial charge is 0.0576 e. The van der Waals surface area contributed by atoms with Crippen molar-refractivity contribution in [2.24, 2.45) is 17.3 Å². The third-order valence-corrected chi connectivity index (χ3v) is 2.88. The van der Waals surface area contributed by atoms with Crippen LogP contribution in [0.2, 0.25) is 0 Å². The van der Waals surface area contributed by atoms with Crippen molar-refractivity contribution in [3.05, 3.63) is 0 Å². The number of hydrogen-bond donors (Lipinski definition) is 1. The molecule has 1 fully saturated rings. The second-order valence-electron chi connectivity index (χ2n) is 5.12. The molecule has 1 heteroatoms. The Balaban J connectivity index is 2.60. The van der Waals surface area contributed by atoms with Crippen molar-refractivity contribution in [3.63, 3.8) is 0 Å². The topological polar surface area (TPSA) is 20.2 Å². The zero-order valence-corrected chi connectivity index (χ0v) is 8.09. The van der Waals surface area contributed by atoms with Crippen LogP contribution in [0.3, 0.4) is 0 Å². The van der Waals surface area contributed by atoms with E-state index in [0.29, 0.717) is 11.8 Å². The second kappa shape index (κ2) is 2.78. The minimum absolute atomic E-state index is 0.0509. The van der Waals surface area contributed by atoms with Crippen LogP contribution < -0.4 is 0 Å². The fourth-order valence-corrected chi connectivity index (χ4v) is 2.19. The first kappa shape index (κ1) is 9.05. The molecule has 1 nitrogen and oxygen atoms in total. The minimum atomic E-state index is -0.0509. The predicted octanol–water partition coefficient (Wildman–Crippen LogP) is 2.44. The summed E-state index contributed by atoms with van der Waals surface area (Å²) in [6.45, 7) is 8.89. The lowest BCUT2D eigenvalue weighted by atomic mass is 9.78. The lowest BCUT2D eigenvalue weighted by Crippen LogP contribution is -2.27. The van der Waals surface area contributed by atoms with Crippen LogP contribution in [0.4, 0.5) is 0 Å². The van der Waals surface area contributed by atoms with Gasteiger partial charge in [-0.1, -0.05) is 27.7 Å². The zero-order valence-electron chi connectivity index (χ0n) is 8.09. The molecule has 1 aliphatic rings. The van der Waals surface area contributed by atoms with E-state index in [1.54, 1.807) is 0 Å². The molecule has 0 aromatic rings. The Labute approximate surface area is 69.8 Å². The quantitative estimate of drug-likeness (QED) is 0.571. The van der Waals surface area contributed by atoms with Gasteiger partial charge in [0.2, 0.25) is 0 Å². The Morgan fingerprint density at radius 3 is 1.91 bits per heavy atom. The molecular formula is C10H20O. The maximum absolute atomic E-state index is 9.69. The SMILES string of the molecule is CC1CC(O)C(C(C)(C)C)C1. The molecule has 1 N–H and O–H groups in total. The average Bonchev–Trinajstić information content (AvgIpc) is 2.08. The fraction of sp³-hybridized carbons (Fsp3) is 1.00. The van der Waals surface area contributed by atoms with Gasteiger partial charge in [0.15, 0.2) is 0 Å². The fourth-order valence-electron chi connectivity index (χ4n) is 2.19. The number of rotatable bonds is 0. The molecule has 66 valence electrons. The Bertz CT molecular complexity index is 134. The standard InChI is InChI=1S/C10H20O/c1-7-5-8(9(11)6-7)10(2,3)4/h7-9,11H,5-6H2,1-4H3. The molecule has 0 heterocycles. The molecule has 11 heavy (non-hydrogen) atoms. The average molecular weight is 156 g/mol. The Morgan fingerprint density at radius 1 is 1.18 bits per heavy atom. The highest BCUT2D eigenvalue weighted by Gasteiger charge is 2.37. The summed E-state index contributed by atoms with van der Waals surface area (Å²) in [5.41, 5.74) is 0.282. The van der Waals surface area contributed by atoms with Crippen LogP contribution in [0.25, 0.3) is 0 Å². The van der Waals surface area contributed by atoms with E-state index >= 15 is 0 Å². The molecule has 0 aromatic carbocycles. The van der Waals surface area contributed by atoms with Gasteiger partial charge < -0.3 is 5.11 Å². The lowest BCUT2D eigenvalue weighted by Gasteiger charge is -2.29. The molecule has 1 rings (SSSR count).